The third-order valence-corrected chi connectivity index (χ3v) is 4.03. The van der Waals surface area contributed by atoms with Gasteiger partial charge < -0.3 is 9.84 Å². The van der Waals surface area contributed by atoms with Gasteiger partial charge in [-0.05, 0) is 24.3 Å². The molecule has 4 rings (SSSR count). The van der Waals surface area contributed by atoms with Crippen LogP contribution in [0.25, 0.3) is 28.1 Å². The molecule has 4 heteroatoms. The molecule has 0 fully saturated rings. The average molecular weight is 330 g/mol. The van der Waals surface area contributed by atoms with E-state index in [-0.39, 0.29) is 13.2 Å². The van der Waals surface area contributed by atoms with Crippen molar-refractivity contribution >= 4 is 11.0 Å². The fourth-order valence-corrected chi connectivity index (χ4v) is 2.93. The van der Waals surface area contributed by atoms with Gasteiger partial charge in [0.15, 0.2) is 0 Å². The van der Waals surface area contributed by atoms with Crippen LogP contribution in [0.2, 0.25) is 0 Å². The van der Waals surface area contributed by atoms with Crippen molar-refractivity contribution in [2.45, 2.75) is 0 Å². The van der Waals surface area contributed by atoms with Gasteiger partial charge >= 0.3 is 0 Å². The van der Waals surface area contributed by atoms with Crippen LogP contribution in [0.5, 0.6) is 5.75 Å². The van der Waals surface area contributed by atoms with Gasteiger partial charge in [0.2, 0.25) is 0 Å². The molecule has 3 aromatic carbocycles. The van der Waals surface area contributed by atoms with E-state index in [2.05, 4.69) is 28.8 Å². The first-order chi connectivity index (χ1) is 12.4. The first kappa shape index (κ1) is 15.4. The lowest BCUT2D eigenvalue weighted by Crippen LogP contribution is -2.02. The molecule has 4 nitrogen and oxygen atoms in total. The molecule has 1 N–H and O–H groups in total. The molecule has 25 heavy (non-hydrogen) atoms. The number of rotatable bonds is 5. The van der Waals surface area contributed by atoms with Gasteiger partial charge in [-0.25, -0.2) is 4.98 Å². The van der Waals surface area contributed by atoms with Gasteiger partial charge in [0.1, 0.15) is 18.2 Å². The molecular formula is C21H18N2O2. The number of ether oxygens (including phenoxy) is 1. The second kappa shape index (κ2) is 6.79. The zero-order chi connectivity index (χ0) is 17.1. The number of aliphatic hydroxyl groups is 1. The zero-order valence-electron chi connectivity index (χ0n) is 13.7. The van der Waals surface area contributed by atoms with Crippen LogP contribution in [0.3, 0.4) is 0 Å². The molecule has 0 aliphatic heterocycles. The number of aliphatic hydroxyl groups excluding tert-OH is 1. The normalized spacial score (nSPS) is 10.9. The molecule has 0 bridgehead atoms. The minimum absolute atomic E-state index is 0.00868. The van der Waals surface area contributed by atoms with Crippen LogP contribution in [0.1, 0.15) is 0 Å². The Bertz CT molecular complexity index is 979. The van der Waals surface area contributed by atoms with Crippen molar-refractivity contribution in [3.63, 3.8) is 0 Å². The highest BCUT2D eigenvalue weighted by atomic mass is 16.5. The topological polar surface area (TPSA) is 47.3 Å². The molecule has 0 unspecified atom stereocenters. The van der Waals surface area contributed by atoms with E-state index in [4.69, 9.17) is 14.8 Å². The van der Waals surface area contributed by atoms with Gasteiger partial charge in [-0.1, -0.05) is 48.5 Å². The number of aromatic nitrogens is 2. The minimum Gasteiger partial charge on any atom is -0.491 e. The lowest BCUT2D eigenvalue weighted by molar-refractivity contribution is 0.201. The van der Waals surface area contributed by atoms with Gasteiger partial charge in [0.05, 0.1) is 17.6 Å². The fourth-order valence-electron chi connectivity index (χ4n) is 2.93. The molecule has 124 valence electrons. The smallest absolute Gasteiger partial charge is 0.145 e. The summed E-state index contributed by atoms with van der Waals surface area (Å²) in [5, 5.41) is 8.98. The Labute approximate surface area is 146 Å². The van der Waals surface area contributed by atoms with E-state index in [1.807, 2.05) is 54.6 Å². The third-order valence-electron chi connectivity index (χ3n) is 4.03. The molecule has 0 atom stereocenters. The molecule has 4 aromatic rings. The number of nitrogens with zero attached hydrogens (tertiary/aromatic N) is 2. The Morgan fingerprint density at radius 1 is 0.880 bits per heavy atom. The Hall–Kier alpha value is -3.11. The van der Waals surface area contributed by atoms with Crippen molar-refractivity contribution in [1.29, 1.82) is 0 Å². The van der Waals surface area contributed by atoms with E-state index >= 15 is 0 Å². The highest BCUT2D eigenvalue weighted by Crippen LogP contribution is 2.30. The van der Waals surface area contributed by atoms with E-state index in [0.29, 0.717) is 0 Å². The number of benzene rings is 3. The molecule has 1 aromatic heterocycles. The van der Waals surface area contributed by atoms with Crippen LogP contribution >= 0.6 is 0 Å². The quantitative estimate of drug-likeness (QED) is 0.600. The second-order valence-electron chi connectivity index (χ2n) is 5.69. The number of fused-ring (bicyclic) bond motifs is 1. The van der Waals surface area contributed by atoms with Crippen LogP contribution < -0.4 is 4.74 Å². The first-order valence-electron chi connectivity index (χ1n) is 8.24. The summed E-state index contributed by atoms with van der Waals surface area (Å²) in [5.41, 5.74) is 3.98. The van der Waals surface area contributed by atoms with Gasteiger partial charge in [0, 0.05) is 17.3 Å². The fraction of sp³-hybridized carbons (Fsp3) is 0.0952. The summed E-state index contributed by atoms with van der Waals surface area (Å²) in [4.78, 5) is 4.84. The number of para-hydroxylation sites is 1. The maximum absolute atomic E-state index is 8.98. The second-order valence-corrected chi connectivity index (χ2v) is 5.69. The molecule has 0 aliphatic rings. The van der Waals surface area contributed by atoms with Crippen LogP contribution in [-0.4, -0.2) is 27.9 Å². The van der Waals surface area contributed by atoms with Gasteiger partial charge in [-0.15, -0.1) is 0 Å². The van der Waals surface area contributed by atoms with Gasteiger partial charge in [-0.3, -0.25) is 4.57 Å². The molecule has 0 radical (unpaired) electrons. The number of imidazole rings is 1. The summed E-state index contributed by atoms with van der Waals surface area (Å²) >= 11 is 0. The molecule has 0 saturated carbocycles. The molecule has 0 saturated heterocycles. The molecule has 0 spiro atoms. The Kier molecular flexibility index (Phi) is 4.19. The summed E-state index contributed by atoms with van der Waals surface area (Å²) in [6, 6.07) is 26.1. The van der Waals surface area contributed by atoms with Crippen LogP contribution in [0.4, 0.5) is 0 Å². The predicted octanol–water partition coefficient (Wildman–Crippen LogP) is 4.06. The number of hydrogen-bond donors (Lipinski definition) is 1. The summed E-state index contributed by atoms with van der Waals surface area (Å²) < 4.78 is 7.71. The lowest BCUT2D eigenvalue weighted by atomic mass is 10.2. The zero-order valence-corrected chi connectivity index (χ0v) is 13.7. The monoisotopic (exact) mass is 330 g/mol. The highest BCUT2D eigenvalue weighted by Gasteiger charge is 2.14. The van der Waals surface area contributed by atoms with E-state index in [9.17, 15) is 0 Å². The molecular weight excluding hydrogens is 312 g/mol. The van der Waals surface area contributed by atoms with Crippen LogP contribution in [-0.2, 0) is 0 Å². The van der Waals surface area contributed by atoms with Crippen molar-refractivity contribution in [1.82, 2.24) is 9.55 Å². The van der Waals surface area contributed by atoms with Crippen LogP contribution in [0, 0.1) is 0 Å². The van der Waals surface area contributed by atoms with Gasteiger partial charge in [0.25, 0.3) is 0 Å². The third kappa shape index (κ3) is 2.99. The Morgan fingerprint density at radius 3 is 2.32 bits per heavy atom. The SMILES string of the molecule is OCCOc1ccc2nc(-c3ccccc3)n(-c3ccccc3)c2c1. The Balaban J connectivity index is 1.95. The van der Waals surface area contributed by atoms with Crippen LogP contribution in [0.15, 0.2) is 78.9 Å². The van der Waals surface area contributed by atoms with Crippen molar-refractivity contribution in [2.75, 3.05) is 13.2 Å². The van der Waals surface area contributed by atoms with Crippen molar-refractivity contribution in [2.24, 2.45) is 0 Å². The lowest BCUT2D eigenvalue weighted by Gasteiger charge is -2.10. The summed E-state index contributed by atoms with van der Waals surface area (Å²) in [6.45, 7) is 0.266. The van der Waals surface area contributed by atoms with E-state index in [0.717, 1.165) is 33.9 Å². The maximum atomic E-state index is 8.98. The van der Waals surface area contributed by atoms with E-state index in [1.165, 1.54) is 0 Å². The maximum Gasteiger partial charge on any atom is 0.145 e. The van der Waals surface area contributed by atoms with Crippen molar-refractivity contribution in [3.05, 3.63) is 78.9 Å². The first-order valence-corrected chi connectivity index (χ1v) is 8.24. The molecule has 0 aliphatic carbocycles. The van der Waals surface area contributed by atoms with Crippen molar-refractivity contribution in [3.8, 4) is 22.8 Å². The summed E-state index contributed by atoms with van der Waals surface area (Å²) in [5.74, 6) is 1.61. The van der Waals surface area contributed by atoms with Gasteiger partial charge in [-0.2, -0.15) is 0 Å². The summed E-state index contributed by atoms with van der Waals surface area (Å²) in [6.07, 6.45) is 0. The van der Waals surface area contributed by atoms with E-state index < -0.39 is 0 Å². The standard InChI is InChI=1S/C21H18N2O2/c24-13-14-25-18-11-12-19-20(15-18)23(17-9-5-2-6-10-17)21(22-19)16-7-3-1-4-8-16/h1-12,15,24H,13-14H2. The number of hydrogen-bond acceptors (Lipinski definition) is 3. The predicted molar refractivity (Wildman–Crippen MR) is 99.1 cm³/mol. The van der Waals surface area contributed by atoms with E-state index in [1.54, 1.807) is 0 Å². The molecule has 1 heterocycles. The molecule has 0 amide bonds. The summed E-state index contributed by atoms with van der Waals surface area (Å²) in [7, 11) is 0. The largest absolute Gasteiger partial charge is 0.491 e. The highest BCUT2D eigenvalue weighted by molar-refractivity contribution is 5.84. The Morgan fingerprint density at radius 2 is 1.60 bits per heavy atom. The van der Waals surface area contributed by atoms with Crippen molar-refractivity contribution < 1.29 is 9.84 Å². The minimum atomic E-state index is -0.00868. The average Bonchev–Trinajstić information content (AvgIpc) is 3.06.